The van der Waals surface area contributed by atoms with E-state index in [9.17, 15) is 14.4 Å². The Morgan fingerprint density at radius 2 is 1.59 bits per heavy atom. The maximum atomic E-state index is 13.0. The van der Waals surface area contributed by atoms with E-state index in [0.29, 0.717) is 18.4 Å². The predicted molar refractivity (Wildman–Crippen MR) is 107 cm³/mol. The lowest BCUT2D eigenvalue weighted by Gasteiger charge is -2.37. The molecule has 3 fully saturated rings. The van der Waals surface area contributed by atoms with Gasteiger partial charge in [0.15, 0.2) is 0 Å². The first-order chi connectivity index (χ1) is 14.1. The first kappa shape index (κ1) is 17.0. The summed E-state index contributed by atoms with van der Waals surface area (Å²) in [4.78, 5) is 39.8. The molecule has 0 aromatic heterocycles. The monoisotopic (exact) mass is 386 g/mol. The zero-order chi connectivity index (χ0) is 19.7. The Morgan fingerprint density at radius 3 is 2.31 bits per heavy atom. The van der Waals surface area contributed by atoms with Gasteiger partial charge in [-0.3, -0.25) is 19.3 Å². The molecule has 5 nitrogen and oxygen atoms in total. The Hall–Kier alpha value is -2.95. The van der Waals surface area contributed by atoms with E-state index in [0.717, 1.165) is 22.8 Å². The van der Waals surface area contributed by atoms with Gasteiger partial charge in [-0.25, -0.2) is 0 Å². The summed E-state index contributed by atoms with van der Waals surface area (Å²) < 4.78 is 0. The average Bonchev–Trinajstić information content (AvgIpc) is 3.53. The van der Waals surface area contributed by atoms with Crippen molar-refractivity contribution in [1.29, 1.82) is 0 Å². The minimum Gasteiger partial charge on any atom is -0.350 e. The second-order valence-corrected chi connectivity index (χ2v) is 8.83. The molecule has 6 atom stereocenters. The average molecular weight is 386 g/mol. The number of nitrogens with one attached hydrogen (secondary N) is 1. The largest absolute Gasteiger partial charge is 0.350 e. The minimum absolute atomic E-state index is 0.148. The molecule has 1 N–H and O–H groups in total. The van der Waals surface area contributed by atoms with E-state index in [1.165, 1.54) is 4.90 Å². The van der Waals surface area contributed by atoms with Crippen LogP contribution < -0.4 is 5.32 Å². The number of likely N-dealkylation sites (tertiary alicyclic amines) is 1. The summed E-state index contributed by atoms with van der Waals surface area (Å²) in [7, 11) is 0. The van der Waals surface area contributed by atoms with Crippen LogP contribution in [0.1, 0.15) is 12.0 Å². The highest BCUT2D eigenvalue weighted by Crippen LogP contribution is 2.65. The van der Waals surface area contributed by atoms with E-state index in [2.05, 4.69) is 17.5 Å². The van der Waals surface area contributed by atoms with Crippen LogP contribution in [-0.2, 0) is 20.9 Å². The number of hydrogen-bond acceptors (Lipinski definition) is 3. The summed E-state index contributed by atoms with van der Waals surface area (Å²) in [6, 6.07) is 14.0. The Balaban J connectivity index is 1.16. The minimum atomic E-state index is -0.288. The highest BCUT2D eigenvalue weighted by atomic mass is 16.2. The van der Waals surface area contributed by atoms with Crippen LogP contribution >= 0.6 is 0 Å². The highest BCUT2D eigenvalue weighted by Gasteiger charge is 2.67. The van der Waals surface area contributed by atoms with Crippen LogP contribution in [0.4, 0.5) is 0 Å². The number of carbonyl (C=O) groups is 3. The van der Waals surface area contributed by atoms with Gasteiger partial charge in [-0.2, -0.15) is 0 Å². The second-order valence-electron chi connectivity index (χ2n) is 8.83. The molecular weight excluding hydrogens is 364 g/mol. The Bertz CT molecular complexity index is 1050. The molecule has 2 saturated carbocycles. The number of fused-ring (bicyclic) bond motifs is 1. The SMILES string of the molecule is O=C(CN1C(=O)[C@H]2[C@@H]3C=C[C@@H]([C@H]4C[C@H]34)[C@@H]2C1=O)NCc1cccc2ccccc12. The number of hydrogen-bond donors (Lipinski definition) is 1. The number of nitrogens with zero attached hydrogens (tertiary/aromatic N) is 1. The molecule has 0 spiro atoms. The number of allylic oxidation sites excluding steroid dienone is 2. The van der Waals surface area contributed by atoms with Gasteiger partial charge in [-0.1, -0.05) is 54.6 Å². The third-order valence-electron chi connectivity index (χ3n) is 7.41. The van der Waals surface area contributed by atoms with Gasteiger partial charge >= 0.3 is 0 Å². The molecule has 0 radical (unpaired) electrons. The van der Waals surface area contributed by atoms with E-state index >= 15 is 0 Å². The molecule has 0 unspecified atom stereocenters. The molecule has 2 bridgehead atoms. The van der Waals surface area contributed by atoms with Crippen LogP contribution in [0, 0.1) is 35.5 Å². The number of benzene rings is 2. The van der Waals surface area contributed by atoms with Gasteiger partial charge in [-0.05, 0) is 46.4 Å². The van der Waals surface area contributed by atoms with Gasteiger partial charge < -0.3 is 5.32 Å². The van der Waals surface area contributed by atoms with Crippen LogP contribution in [-0.4, -0.2) is 29.2 Å². The number of carbonyl (C=O) groups excluding carboxylic acids is 3. The van der Waals surface area contributed by atoms with Crippen LogP contribution in [0.15, 0.2) is 54.6 Å². The van der Waals surface area contributed by atoms with Gasteiger partial charge in [0.25, 0.3) is 0 Å². The predicted octanol–water partition coefficient (Wildman–Crippen LogP) is 2.51. The summed E-state index contributed by atoms with van der Waals surface area (Å²) in [5.41, 5.74) is 1.02. The third kappa shape index (κ3) is 2.43. The molecule has 29 heavy (non-hydrogen) atoms. The van der Waals surface area contributed by atoms with Gasteiger partial charge in [-0.15, -0.1) is 0 Å². The lowest BCUT2D eigenvalue weighted by atomic mass is 9.63. The third-order valence-corrected chi connectivity index (χ3v) is 7.41. The van der Waals surface area contributed by atoms with E-state index < -0.39 is 0 Å². The van der Waals surface area contributed by atoms with E-state index in [1.54, 1.807) is 0 Å². The molecule has 5 heteroatoms. The molecule has 7 rings (SSSR count). The van der Waals surface area contributed by atoms with Gasteiger partial charge in [0, 0.05) is 6.54 Å². The van der Waals surface area contributed by atoms with Crippen LogP contribution in [0.3, 0.4) is 0 Å². The normalized spacial score (nSPS) is 33.7. The topological polar surface area (TPSA) is 66.5 Å². The van der Waals surface area contributed by atoms with Crippen molar-refractivity contribution in [3.8, 4) is 0 Å². The second kappa shape index (κ2) is 6.02. The van der Waals surface area contributed by atoms with E-state index in [4.69, 9.17) is 0 Å². The summed E-state index contributed by atoms with van der Waals surface area (Å²) in [6.45, 7) is 0.199. The molecule has 5 aliphatic rings. The van der Waals surface area contributed by atoms with E-state index in [-0.39, 0.29) is 47.9 Å². The van der Waals surface area contributed by atoms with Crippen molar-refractivity contribution in [2.24, 2.45) is 35.5 Å². The number of amides is 3. The molecule has 2 aromatic rings. The summed E-state index contributed by atoms with van der Waals surface area (Å²) in [6.07, 6.45) is 5.44. The maximum absolute atomic E-state index is 13.0. The van der Waals surface area contributed by atoms with Crippen molar-refractivity contribution in [1.82, 2.24) is 10.2 Å². The van der Waals surface area contributed by atoms with Crippen LogP contribution in [0.2, 0.25) is 0 Å². The van der Waals surface area contributed by atoms with Crippen LogP contribution in [0.5, 0.6) is 0 Å². The first-order valence-corrected chi connectivity index (χ1v) is 10.4. The molecule has 1 heterocycles. The molecule has 2 aromatic carbocycles. The summed E-state index contributed by atoms with van der Waals surface area (Å²) in [5, 5.41) is 5.11. The van der Waals surface area contributed by atoms with Gasteiger partial charge in [0.2, 0.25) is 17.7 Å². The fourth-order valence-corrected chi connectivity index (χ4v) is 6.01. The Morgan fingerprint density at radius 1 is 0.931 bits per heavy atom. The zero-order valence-corrected chi connectivity index (χ0v) is 16.0. The van der Waals surface area contributed by atoms with Gasteiger partial charge in [0.05, 0.1) is 11.8 Å². The van der Waals surface area contributed by atoms with Gasteiger partial charge in [0.1, 0.15) is 6.54 Å². The number of rotatable bonds is 4. The lowest BCUT2D eigenvalue weighted by molar-refractivity contribution is -0.143. The van der Waals surface area contributed by atoms with Crippen molar-refractivity contribution >= 4 is 28.5 Å². The van der Waals surface area contributed by atoms with Crippen LogP contribution in [0.25, 0.3) is 10.8 Å². The van der Waals surface area contributed by atoms with Crippen molar-refractivity contribution in [2.75, 3.05) is 6.54 Å². The summed E-state index contributed by atoms with van der Waals surface area (Å²) >= 11 is 0. The molecule has 146 valence electrons. The lowest BCUT2D eigenvalue weighted by Crippen LogP contribution is -2.41. The van der Waals surface area contributed by atoms with E-state index in [1.807, 2.05) is 42.5 Å². The number of imide groups is 1. The molecule has 3 amide bonds. The Kier molecular flexibility index (Phi) is 3.52. The fourth-order valence-electron chi connectivity index (χ4n) is 6.01. The smallest absolute Gasteiger partial charge is 0.240 e. The highest BCUT2D eigenvalue weighted by molar-refractivity contribution is 6.08. The quantitative estimate of drug-likeness (QED) is 0.649. The van der Waals surface area contributed by atoms with Crippen molar-refractivity contribution in [2.45, 2.75) is 13.0 Å². The first-order valence-electron chi connectivity index (χ1n) is 10.4. The van der Waals surface area contributed by atoms with Crippen molar-refractivity contribution in [3.63, 3.8) is 0 Å². The Labute approximate surface area is 168 Å². The molecule has 1 saturated heterocycles. The summed E-state index contributed by atoms with van der Waals surface area (Å²) in [5.74, 6) is 0.453. The molecular formula is C24H22N2O3. The molecule has 4 aliphatic carbocycles. The standard InChI is InChI=1S/C24H22N2O3/c27-20(25-11-14-6-3-5-13-4-1-2-7-15(13)14)12-26-23(28)21-16-8-9-17(19-10-18(16)19)22(21)24(26)29/h1-9,16-19,21-22H,10-12H2,(H,25,27)/t16-,17+,18-,19-,21+,22+/m1/s1. The zero-order valence-electron chi connectivity index (χ0n) is 16.0. The fraction of sp³-hybridized carbons (Fsp3) is 0.375. The van der Waals surface area contributed by atoms with Crippen molar-refractivity contribution in [3.05, 3.63) is 60.2 Å². The van der Waals surface area contributed by atoms with Crippen molar-refractivity contribution < 1.29 is 14.4 Å². The maximum Gasteiger partial charge on any atom is 0.240 e. The molecule has 1 aliphatic heterocycles.